The van der Waals surface area contributed by atoms with Crippen LogP contribution >= 0.6 is 0 Å². The third kappa shape index (κ3) is 4.77. The molecule has 0 amide bonds. The lowest BCUT2D eigenvalue weighted by Gasteiger charge is -2.17. The Morgan fingerprint density at radius 3 is 2.31 bits per heavy atom. The lowest BCUT2D eigenvalue weighted by atomic mass is 9.98. The van der Waals surface area contributed by atoms with Gasteiger partial charge in [-0.1, -0.05) is 26.0 Å². The van der Waals surface area contributed by atoms with Gasteiger partial charge < -0.3 is 9.47 Å². The Bertz CT molecular complexity index is 843. The Hall–Kier alpha value is -2.05. The molecule has 5 nitrogen and oxygen atoms in total. The summed E-state index contributed by atoms with van der Waals surface area (Å²) in [5, 5.41) is 0. The van der Waals surface area contributed by atoms with Crippen molar-refractivity contribution in [2.45, 2.75) is 45.1 Å². The van der Waals surface area contributed by atoms with Crippen molar-refractivity contribution in [1.82, 2.24) is 4.72 Å². The van der Waals surface area contributed by atoms with Crippen molar-refractivity contribution in [3.05, 3.63) is 53.1 Å². The van der Waals surface area contributed by atoms with Gasteiger partial charge in [0.05, 0.1) is 13.7 Å². The van der Waals surface area contributed by atoms with E-state index in [1.165, 1.54) is 0 Å². The summed E-state index contributed by atoms with van der Waals surface area (Å²) in [4.78, 5) is 0.183. The van der Waals surface area contributed by atoms with Crippen molar-refractivity contribution in [1.29, 1.82) is 0 Å². The van der Waals surface area contributed by atoms with Crippen molar-refractivity contribution in [2.24, 2.45) is 0 Å². The first-order valence-electron chi connectivity index (χ1n) is 8.68. The molecular formula is C20H27NO4S. The Morgan fingerprint density at radius 2 is 1.77 bits per heavy atom. The quantitative estimate of drug-likeness (QED) is 0.755. The maximum Gasteiger partial charge on any atom is 0.244 e. The van der Waals surface area contributed by atoms with Gasteiger partial charge in [-0.15, -0.1) is 0 Å². The normalized spacial score (nSPS) is 11.6. The summed E-state index contributed by atoms with van der Waals surface area (Å²) >= 11 is 0. The number of aryl methyl sites for hydroxylation is 1. The van der Waals surface area contributed by atoms with Crippen molar-refractivity contribution >= 4 is 10.0 Å². The van der Waals surface area contributed by atoms with Crippen LogP contribution < -0.4 is 14.2 Å². The maximum absolute atomic E-state index is 12.9. The molecule has 2 aromatic carbocycles. The molecule has 142 valence electrons. The molecule has 0 bridgehead atoms. The molecule has 0 saturated carbocycles. The van der Waals surface area contributed by atoms with E-state index in [0.29, 0.717) is 12.4 Å². The van der Waals surface area contributed by atoms with Crippen molar-refractivity contribution in [3.63, 3.8) is 0 Å². The number of sulfonamides is 1. The largest absolute Gasteiger partial charge is 0.497 e. The number of hydrogen-bond donors (Lipinski definition) is 1. The molecule has 0 aliphatic rings. The molecule has 0 aromatic heterocycles. The third-order valence-electron chi connectivity index (χ3n) is 4.17. The second-order valence-electron chi connectivity index (χ2n) is 6.42. The lowest BCUT2D eigenvalue weighted by Crippen LogP contribution is -2.24. The van der Waals surface area contributed by atoms with E-state index in [4.69, 9.17) is 9.47 Å². The highest BCUT2D eigenvalue weighted by Gasteiger charge is 2.22. The van der Waals surface area contributed by atoms with Crippen molar-refractivity contribution in [2.75, 3.05) is 13.7 Å². The topological polar surface area (TPSA) is 64.6 Å². The number of methoxy groups -OCH3 is 1. The highest BCUT2D eigenvalue weighted by Crippen LogP contribution is 2.31. The van der Waals surface area contributed by atoms with Crippen LogP contribution in [-0.4, -0.2) is 22.1 Å². The van der Waals surface area contributed by atoms with Gasteiger partial charge in [-0.05, 0) is 60.7 Å². The van der Waals surface area contributed by atoms with E-state index in [1.54, 1.807) is 31.4 Å². The van der Waals surface area contributed by atoms with Crippen LogP contribution in [0.1, 0.15) is 43.4 Å². The summed E-state index contributed by atoms with van der Waals surface area (Å²) in [7, 11) is -2.11. The molecular weight excluding hydrogens is 350 g/mol. The summed E-state index contributed by atoms with van der Waals surface area (Å²) < 4.78 is 39.2. The van der Waals surface area contributed by atoms with Gasteiger partial charge in [0.1, 0.15) is 16.4 Å². The Kier molecular flexibility index (Phi) is 6.67. The minimum Gasteiger partial charge on any atom is -0.497 e. The van der Waals surface area contributed by atoms with E-state index in [1.807, 2.05) is 39.8 Å². The smallest absolute Gasteiger partial charge is 0.244 e. The molecule has 0 saturated heterocycles. The number of benzene rings is 2. The second kappa shape index (κ2) is 8.56. The van der Waals surface area contributed by atoms with Gasteiger partial charge in [-0.2, -0.15) is 0 Å². The molecule has 2 rings (SSSR count). The molecule has 26 heavy (non-hydrogen) atoms. The number of hydrogen-bond acceptors (Lipinski definition) is 4. The number of ether oxygens (including phenoxy) is 2. The van der Waals surface area contributed by atoms with Crippen LogP contribution in [0.3, 0.4) is 0 Å². The van der Waals surface area contributed by atoms with Crippen LogP contribution in [0.15, 0.2) is 41.3 Å². The van der Waals surface area contributed by atoms with Gasteiger partial charge in [-0.25, -0.2) is 13.1 Å². The first kappa shape index (κ1) is 20.3. The summed E-state index contributed by atoms with van der Waals surface area (Å²) in [5.74, 6) is 1.34. The molecule has 0 atom stereocenters. The van der Waals surface area contributed by atoms with Crippen LogP contribution in [0.2, 0.25) is 0 Å². The maximum atomic E-state index is 12.9. The fraction of sp³-hybridized carbons (Fsp3) is 0.400. The predicted molar refractivity (Wildman–Crippen MR) is 103 cm³/mol. The van der Waals surface area contributed by atoms with E-state index in [0.717, 1.165) is 22.4 Å². The van der Waals surface area contributed by atoms with Gasteiger partial charge in [-0.3, -0.25) is 0 Å². The summed E-state index contributed by atoms with van der Waals surface area (Å²) in [6, 6.07) is 10.8. The molecule has 0 aliphatic carbocycles. The average Bonchev–Trinajstić information content (AvgIpc) is 2.60. The predicted octanol–water partition coefficient (Wildman–Crippen LogP) is 4.00. The van der Waals surface area contributed by atoms with Crippen LogP contribution in [-0.2, 0) is 16.6 Å². The molecule has 0 heterocycles. The van der Waals surface area contributed by atoms with E-state index >= 15 is 0 Å². The monoisotopic (exact) mass is 377 g/mol. The average molecular weight is 378 g/mol. The molecule has 0 unspecified atom stereocenters. The standard InChI is InChI=1S/C20H27NO4S/c1-6-25-19-11-15(4)18(14(2)3)12-20(19)26(22,23)21-13-16-7-9-17(24-5)10-8-16/h7-12,14,21H,6,13H2,1-5H3. The first-order valence-corrected chi connectivity index (χ1v) is 10.2. The zero-order chi connectivity index (χ0) is 19.3. The molecule has 0 aliphatic heterocycles. The summed E-state index contributed by atoms with van der Waals surface area (Å²) in [6.07, 6.45) is 0. The fourth-order valence-electron chi connectivity index (χ4n) is 2.78. The molecule has 2 aromatic rings. The Morgan fingerprint density at radius 1 is 1.12 bits per heavy atom. The highest BCUT2D eigenvalue weighted by molar-refractivity contribution is 7.89. The third-order valence-corrected chi connectivity index (χ3v) is 5.59. The zero-order valence-electron chi connectivity index (χ0n) is 16.0. The van der Waals surface area contributed by atoms with Gasteiger partial charge >= 0.3 is 0 Å². The fourth-order valence-corrected chi connectivity index (χ4v) is 3.95. The summed E-state index contributed by atoms with van der Waals surface area (Å²) in [6.45, 7) is 8.50. The van der Waals surface area contributed by atoms with Crippen molar-refractivity contribution < 1.29 is 17.9 Å². The number of nitrogens with one attached hydrogen (secondary N) is 1. The Balaban J connectivity index is 2.32. The number of rotatable bonds is 8. The van der Waals surface area contributed by atoms with Crippen LogP contribution in [0.25, 0.3) is 0 Å². The molecule has 6 heteroatoms. The molecule has 0 fully saturated rings. The SMILES string of the molecule is CCOc1cc(C)c(C(C)C)cc1S(=O)(=O)NCc1ccc(OC)cc1. The van der Waals surface area contributed by atoms with E-state index in [2.05, 4.69) is 4.72 Å². The lowest BCUT2D eigenvalue weighted by molar-refractivity contribution is 0.330. The molecule has 0 radical (unpaired) electrons. The van der Waals surface area contributed by atoms with Gasteiger partial charge in [0, 0.05) is 6.54 Å². The summed E-state index contributed by atoms with van der Waals surface area (Å²) in [5.41, 5.74) is 2.87. The van der Waals surface area contributed by atoms with E-state index < -0.39 is 10.0 Å². The Labute approximate surface area is 156 Å². The molecule has 1 N–H and O–H groups in total. The van der Waals surface area contributed by atoms with Crippen LogP contribution in [0, 0.1) is 6.92 Å². The van der Waals surface area contributed by atoms with E-state index in [-0.39, 0.29) is 17.4 Å². The van der Waals surface area contributed by atoms with Crippen LogP contribution in [0.5, 0.6) is 11.5 Å². The minimum atomic E-state index is -3.71. The van der Waals surface area contributed by atoms with Gasteiger partial charge in [0.25, 0.3) is 0 Å². The zero-order valence-corrected chi connectivity index (χ0v) is 16.8. The van der Waals surface area contributed by atoms with Gasteiger partial charge in [0.2, 0.25) is 10.0 Å². The van der Waals surface area contributed by atoms with Gasteiger partial charge in [0.15, 0.2) is 0 Å². The van der Waals surface area contributed by atoms with Crippen molar-refractivity contribution in [3.8, 4) is 11.5 Å². The first-order chi connectivity index (χ1) is 12.3. The molecule has 0 spiro atoms. The second-order valence-corrected chi connectivity index (χ2v) is 8.15. The van der Waals surface area contributed by atoms with E-state index in [9.17, 15) is 8.42 Å². The van der Waals surface area contributed by atoms with Crippen LogP contribution in [0.4, 0.5) is 0 Å². The minimum absolute atomic E-state index is 0.183. The highest BCUT2D eigenvalue weighted by atomic mass is 32.2.